The van der Waals surface area contributed by atoms with Crippen LogP contribution in [0.3, 0.4) is 0 Å². The normalized spacial score (nSPS) is 10.6. The van der Waals surface area contributed by atoms with Gasteiger partial charge < -0.3 is 10.6 Å². The van der Waals surface area contributed by atoms with E-state index < -0.39 is 0 Å². The van der Waals surface area contributed by atoms with Crippen LogP contribution in [-0.2, 0) is 13.0 Å². The topological polar surface area (TPSA) is 49.8 Å². The highest BCUT2D eigenvalue weighted by Crippen LogP contribution is 2.14. The number of aromatic nitrogens is 2. The quantitative estimate of drug-likeness (QED) is 0.624. The number of aryl methyl sites for hydroxylation is 1. The second-order valence-corrected chi connectivity index (χ2v) is 6.40. The van der Waals surface area contributed by atoms with Crippen molar-refractivity contribution in [3.8, 4) is 0 Å². The highest BCUT2D eigenvalue weighted by atomic mass is 35.5. The van der Waals surface area contributed by atoms with Gasteiger partial charge in [0.25, 0.3) is 0 Å². The van der Waals surface area contributed by atoms with Crippen LogP contribution < -0.4 is 10.6 Å². The molecule has 134 valence electrons. The molecule has 4 nitrogen and oxygen atoms in total. The zero-order valence-electron chi connectivity index (χ0n) is 14.5. The minimum atomic E-state index is -0.182. The molecule has 1 aromatic heterocycles. The first-order valence-corrected chi connectivity index (χ1v) is 8.79. The molecule has 0 amide bonds. The third-order valence-electron chi connectivity index (χ3n) is 3.88. The summed E-state index contributed by atoms with van der Waals surface area (Å²) in [5.41, 5.74) is 2.63. The minimum absolute atomic E-state index is 0.182. The van der Waals surface area contributed by atoms with E-state index >= 15 is 0 Å². The predicted molar refractivity (Wildman–Crippen MR) is 104 cm³/mol. The van der Waals surface area contributed by atoms with Gasteiger partial charge in [-0.2, -0.15) is 4.98 Å². The van der Waals surface area contributed by atoms with Gasteiger partial charge in [0.05, 0.1) is 0 Å². The molecule has 0 atom stereocenters. The van der Waals surface area contributed by atoms with Crippen molar-refractivity contribution >= 4 is 23.4 Å². The molecule has 2 aromatic carbocycles. The van der Waals surface area contributed by atoms with E-state index in [1.807, 2.05) is 43.3 Å². The maximum Gasteiger partial charge on any atom is 0.225 e. The summed E-state index contributed by atoms with van der Waals surface area (Å²) in [7, 11) is 0. The number of halogens is 2. The fraction of sp³-hybridized carbons (Fsp3) is 0.200. The largest absolute Gasteiger partial charge is 0.370 e. The van der Waals surface area contributed by atoms with E-state index in [1.165, 1.54) is 6.07 Å². The van der Waals surface area contributed by atoms with Gasteiger partial charge >= 0.3 is 0 Å². The van der Waals surface area contributed by atoms with Crippen LogP contribution in [0.25, 0.3) is 0 Å². The highest BCUT2D eigenvalue weighted by molar-refractivity contribution is 6.30. The third kappa shape index (κ3) is 5.17. The van der Waals surface area contributed by atoms with Crippen LogP contribution in [0.5, 0.6) is 0 Å². The maximum atomic E-state index is 13.7. The van der Waals surface area contributed by atoms with E-state index in [0.717, 1.165) is 11.3 Å². The lowest BCUT2D eigenvalue weighted by Crippen LogP contribution is -2.10. The van der Waals surface area contributed by atoms with Crippen LogP contribution in [0.15, 0.2) is 54.6 Å². The van der Waals surface area contributed by atoms with Gasteiger partial charge in [0.15, 0.2) is 0 Å². The van der Waals surface area contributed by atoms with E-state index in [4.69, 9.17) is 11.6 Å². The van der Waals surface area contributed by atoms with E-state index in [1.54, 1.807) is 12.1 Å². The van der Waals surface area contributed by atoms with Gasteiger partial charge in [0.1, 0.15) is 11.6 Å². The molecule has 0 aliphatic carbocycles. The molecule has 0 spiro atoms. The van der Waals surface area contributed by atoms with Crippen LogP contribution in [0, 0.1) is 12.7 Å². The number of nitrogens with one attached hydrogen (secondary N) is 2. The molecule has 0 aliphatic heterocycles. The zero-order chi connectivity index (χ0) is 18.4. The minimum Gasteiger partial charge on any atom is -0.370 e. The summed E-state index contributed by atoms with van der Waals surface area (Å²) in [6.07, 6.45) is 0.587. The average Bonchev–Trinajstić information content (AvgIpc) is 2.62. The van der Waals surface area contributed by atoms with Gasteiger partial charge in [-0.15, -0.1) is 0 Å². The van der Waals surface area contributed by atoms with Gasteiger partial charge in [-0.05, 0) is 42.7 Å². The first-order valence-electron chi connectivity index (χ1n) is 8.41. The van der Waals surface area contributed by atoms with Gasteiger partial charge in [-0.3, -0.25) is 0 Å². The number of hydrogen-bond acceptors (Lipinski definition) is 4. The molecule has 0 fully saturated rings. The Morgan fingerprint density at radius 2 is 1.77 bits per heavy atom. The Hall–Kier alpha value is -2.66. The molecule has 0 radical (unpaired) electrons. The third-order valence-corrected chi connectivity index (χ3v) is 4.13. The first-order chi connectivity index (χ1) is 12.6. The van der Waals surface area contributed by atoms with Gasteiger partial charge in [0.2, 0.25) is 5.95 Å². The van der Waals surface area contributed by atoms with E-state index in [2.05, 4.69) is 20.6 Å². The van der Waals surface area contributed by atoms with Crippen molar-refractivity contribution in [1.29, 1.82) is 0 Å². The molecule has 26 heavy (non-hydrogen) atoms. The molecule has 1 heterocycles. The smallest absolute Gasteiger partial charge is 0.225 e. The van der Waals surface area contributed by atoms with Crippen molar-refractivity contribution in [2.24, 2.45) is 0 Å². The molecule has 0 aliphatic rings. The van der Waals surface area contributed by atoms with Crippen molar-refractivity contribution in [2.75, 3.05) is 17.2 Å². The van der Waals surface area contributed by atoms with Crippen molar-refractivity contribution in [3.63, 3.8) is 0 Å². The van der Waals surface area contributed by atoms with Crippen LogP contribution in [0.4, 0.5) is 16.2 Å². The number of anilines is 2. The second kappa shape index (κ2) is 8.63. The summed E-state index contributed by atoms with van der Waals surface area (Å²) < 4.78 is 13.7. The van der Waals surface area contributed by atoms with Crippen LogP contribution >= 0.6 is 11.6 Å². The molecular weight excluding hydrogens is 351 g/mol. The average molecular weight is 371 g/mol. The van der Waals surface area contributed by atoms with Gasteiger partial charge in [0, 0.05) is 29.9 Å². The van der Waals surface area contributed by atoms with Crippen molar-refractivity contribution in [1.82, 2.24) is 9.97 Å². The number of benzene rings is 2. The molecule has 0 saturated carbocycles. The van der Waals surface area contributed by atoms with E-state index in [-0.39, 0.29) is 5.82 Å². The molecule has 0 saturated heterocycles. The van der Waals surface area contributed by atoms with Crippen molar-refractivity contribution < 1.29 is 4.39 Å². The van der Waals surface area contributed by atoms with Gasteiger partial charge in [-0.1, -0.05) is 41.9 Å². The van der Waals surface area contributed by atoms with E-state index in [0.29, 0.717) is 41.9 Å². The molecule has 6 heteroatoms. The standard InChI is InChI=1S/C20H20ClFN4/c1-14-12-19(23-11-10-16-4-2-3-5-18(16)22)26-20(25-14)24-13-15-6-8-17(21)9-7-15/h2-9,12H,10-11,13H2,1H3,(H2,23,24,25,26). The summed E-state index contributed by atoms with van der Waals surface area (Å²) in [4.78, 5) is 8.87. The van der Waals surface area contributed by atoms with Crippen LogP contribution in [0.2, 0.25) is 5.02 Å². The predicted octanol–water partition coefficient (Wildman–Crippen LogP) is 4.84. The summed E-state index contributed by atoms with van der Waals surface area (Å²) in [5, 5.41) is 7.16. The number of rotatable bonds is 7. The molecular formula is C20H20ClFN4. The second-order valence-electron chi connectivity index (χ2n) is 5.97. The number of hydrogen-bond donors (Lipinski definition) is 2. The zero-order valence-corrected chi connectivity index (χ0v) is 15.2. The molecule has 3 aromatic rings. The maximum absolute atomic E-state index is 13.7. The Morgan fingerprint density at radius 3 is 2.54 bits per heavy atom. The Morgan fingerprint density at radius 1 is 1.00 bits per heavy atom. The Bertz CT molecular complexity index is 868. The van der Waals surface area contributed by atoms with Crippen molar-refractivity contribution in [3.05, 3.63) is 82.3 Å². The number of nitrogens with zero attached hydrogens (tertiary/aromatic N) is 2. The lowest BCUT2D eigenvalue weighted by molar-refractivity contribution is 0.610. The fourth-order valence-corrected chi connectivity index (χ4v) is 2.67. The molecule has 0 unspecified atom stereocenters. The highest BCUT2D eigenvalue weighted by Gasteiger charge is 2.04. The van der Waals surface area contributed by atoms with Gasteiger partial charge in [-0.25, -0.2) is 9.37 Å². The Balaban J connectivity index is 1.58. The molecule has 2 N–H and O–H groups in total. The summed E-state index contributed by atoms with van der Waals surface area (Å²) >= 11 is 5.90. The Labute approximate surface area is 157 Å². The van der Waals surface area contributed by atoms with E-state index in [9.17, 15) is 4.39 Å². The summed E-state index contributed by atoms with van der Waals surface area (Å²) in [6.45, 7) is 3.11. The molecule has 3 rings (SSSR count). The summed E-state index contributed by atoms with van der Waals surface area (Å²) in [5.74, 6) is 1.08. The van der Waals surface area contributed by atoms with Crippen LogP contribution in [0.1, 0.15) is 16.8 Å². The first kappa shape index (κ1) is 18.1. The molecule has 0 bridgehead atoms. The van der Waals surface area contributed by atoms with Crippen LogP contribution in [-0.4, -0.2) is 16.5 Å². The monoisotopic (exact) mass is 370 g/mol. The summed E-state index contributed by atoms with van der Waals surface area (Å²) in [6, 6.07) is 16.3. The van der Waals surface area contributed by atoms with Crippen molar-refractivity contribution in [2.45, 2.75) is 19.9 Å². The SMILES string of the molecule is Cc1cc(NCCc2ccccc2F)nc(NCc2ccc(Cl)cc2)n1. The lowest BCUT2D eigenvalue weighted by atomic mass is 10.1. The Kier molecular flexibility index (Phi) is 6.02. The fourth-order valence-electron chi connectivity index (χ4n) is 2.55. The lowest BCUT2D eigenvalue weighted by Gasteiger charge is -2.10.